The molecule has 0 atom stereocenters. The van der Waals surface area contributed by atoms with Crippen molar-refractivity contribution in [2.24, 2.45) is 0 Å². The number of nitrogens with one attached hydrogen (secondary N) is 1. The first-order valence-corrected chi connectivity index (χ1v) is 14.0. The second-order valence-corrected chi connectivity index (χ2v) is 10.7. The van der Waals surface area contributed by atoms with Crippen LogP contribution >= 0.6 is 45.2 Å². The summed E-state index contributed by atoms with van der Waals surface area (Å²) in [5.74, 6) is -0.457. The van der Waals surface area contributed by atoms with Gasteiger partial charge in [-0.05, 0) is 69.8 Å². The van der Waals surface area contributed by atoms with Crippen LogP contribution in [0.3, 0.4) is 0 Å². The van der Waals surface area contributed by atoms with Crippen LogP contribution in [0.2, 0.25) is 0 Å². The molecule has 2 amide bonds. The second-order valence-electron chi connectivity index (χ2n) is 8.24. The van der Waals surface area contributed by atoms with Gasteiger partial charge in [0.2, 0.25) is 5.91 Å². The van der Waals surface area contributed by atoms with Crippen LogP contribution < -0.4 is 5.32 Å². The summed E-state index contributed by atoms with van der Waals surface area (Å²) in [6.45, 7) is 2.27. The van der Waals surface area contributed by atoms with Gasteiger partial charge in [0, 0.05) is 19.1 Å². The van der Waals surface area contributed by atoms with E-state index in [4.69, 9.17) is 0 Å². The Labute approximate surface area is 211 Å². The van der Waals surface area contributed by atoms with Crippen LogP contribution in [0.25, 0.3) is 0 Å². The van der Waals surface area contributed by atoms with Crippen LogP contribution in [0.15, 0.2) is 18.2 Å². The van der Waals surface area contributed by atoms with Crippen LogP contribution in [0, 0.1) is 7.14 Å². The first kappa shape index (κ1) is 27.9. The number of hydrogen-bond acceptors (Lipinski definition) is 2. The molecule has 0 unspecified atom stereocenters. The lowest BCUT2D eigenvalue weighted by Crippen LogP contribution is -2.30. The summed E-state index contributed by atoms with van der Waals surface area (Å²) >= 11 is 4.37. The number of amides is 2. The monoisotopic (exact) mass is 639 g/mol. The molecule has 170 valence electrons. The van der Waals surface area contributed by atoms with Crippen LogP contribution in [-0.2, 0) is 4.79 Å². The molecule has 0 aliphatic heterocycles. The standard InChI is InChI=1S/C25H39I2NO2/c1-2-3-4-5-6-7-8-9-10-11-12-13-14-15-16-17-24(29)28-25(30)21-18-22(26)20-23(27)19-21/h18-20H,2-17H2,1H3,(H,28,29,30). The number of unbranched alkanes of at least 4 members (excludes halogenated alkanes) is 14. The lowest BCUT2D eigenvalue weighted by atomic mass is 10.0. The summed E-state index contributed by atoms with van der Waals surface area (Å²) in [5.41, 5.74) is 0.552. The van der Waals surface area contributed by atoms with E-state index in [2.05, 4.69) is 57.4 Å². The topological polar surface area (TPSA) is 46.2 Å². The smallest absolute Gasteiger partial charge is 0.257 e. The molecule has 0 fully saturated rings. The predicted molar refractivity (Wildman–Crippen MR) is 144 cm³/mol. The fraction of sp³-hybridized carbons (Fsp3) is 0.680. The third kappa shape index (κ3) is 14.8. The van der Waals surface area contributed by atoms with Crippen molar-refractivity contribution in [3.8, 4) is 0 Å². The van der Waals surface area contributed by atoms with Gasteiger partial charge < -0.3 is 0 Å². The van der Waals surface area contributed by atoms with Crippen molar-refractivity contribution in [3.63, 3.8) is 0 Å². The highest BCUT2D eigenvalue weighted by Crippen LogP contribution is 2.15. The van der Waals surface area contributed by atoms with Crippen LogP contribution in [-0.4, -0.2) is 11.8 Å². The zero-order chi connectivity index (χ0) is 22.0. The number of hydrogen-bond donors (Lipinski definition) is 1. The Balaban J connectivity index is 1.93. The Morgan fingerprint density at radius 2 is 1.07 bits per heavy atom. The predicted octanol–water partition coefficient (Wildman–Crippen LogP) is 8.41. The third-order valence-electron chi connectivity index (χ3n) is 5.39. The average molecular weight is 639 g/mol. The van der Waals surface area contributed by atoms with Crippen molar-refractivity contribution < 1.29 is 9.59 Å². The number of carbonyl (C=O) groups is 2. The molecule has 0 aliphatic rings. The van der Waals surface area contributed by atoms with E-state index in [0.717, 1.165) is 20.0 Å². The van der Waals surface area contributed by atoms with Crippen LogP contribution in [0.1, 0.15) is 120 Å². The molecule has 1 rings (SSSR count). The molecule has 0 aromatic heterocycles. The molecule has 0 saturated heterocycles. The van der Waals surface area contributed by atoms with E-state index in [1.807, 2.05) is 6.07 Å². The van der Waals surface area contributed by atoms with Gasteiger partial charge in [0.25, 0.3) is 5.91 Å². The van der Waals surface area contributed by atoms with E-state index in [-0.39, 0.29) is 11.8 Å². The van der Waals surface area contributed by atoms with Gasteiger partial charge in [-0.2, -0.15) is 0 Å². The van der Waals surface area contributed by atoms with E-state index in [1.165, 1.54) is 83.5 Å². The molecule has 0 spiro atoms. The Kier molecular flexibility index (Phi) is 17.1. The first-order chi connectivity index (χ1) is 14.5. The Bertz CT molecular complexity index is 599. The minimum Gasteiger partial charge on any atom is -0.292 e. The molecule has 3 nitrogen and oxygen atoms in total. The third-order valence-corrected chi connectivity index (χ3v) is 6.63. The highest BCUT2D eigenvalue weighted by atomic mass is 127. The normalized spacial score (nSPS) is 10.9. The summed E-state index contributed by atoms with van der Waals surface area (Å²) < 4.78 is 2.00. The average Bonchev–Trinajstić information content (AvgIpc) is 2.70. The largest absolute Gasteiger partial charge is 0.292 e. The lowest BCUT2D eigenvalue weighted by molar-refractivity contribution is -0.120. The quantitative estimate of drug-likeness (QED) is 0.138. The Morgan fingerprint density at radius 1 is 0.667 bits per heavy atom. The van der Waals surface area contributed by atoms with Gasteiger partial charge in [-0.1, -0.05) is 96.8 Å². The highest BCUT2D eigenvalue weighted by molar-refractivity contribution is 14.1. The fourth-order valence-corrected chi connectivity index (χ4v) is 5.54. The number of rotatable bonds is 17. The van der Waals surface area contributed by atoms with E-state index in [1.54, 1.807) is 12.1 Å². The molecule has 30 heavy (non-hydrogen) atoms. The molecule has 1 aromatic rings. The zero-order valence-electron chi connectivity index (χ0n) is 18.6. The number of carbonyl (C=O) groups excluding carboxylic acids is 2. The number of halogens is 2. The van der Waals surface area contributed by atoms with Crippen LogP contribution in [0.5, 0.6) is 0 Å². The molecule has 0 heterocycles. The summed E-state index contributed by atoms with van der Waals surface area (Å²) in [6.07, 6.45) is 20.0. The molecule has 1 N–H and O–H groups in total. The van der Waals surface area contributed by atoms with E-state index < -0.39 is 0 Å². The van der Waals surface area contributed by atoms with Gasteiger partial charge in [-0.15, -0.1) is 0 Å². The molecular formula is C25H39I2NO2. The van der Waals surface area contributed by atoms with Crippen molar-refractivity contribution >= 4 is 57.0 Å². The zero-order valence-corrected chi connectivity index (χ0v) is 22.9. The maximum atomic E-state index is 12.2. The van der Waals surface area contributed by atoms with Crippen molar-refractivity contribution in [2.75, 3.05) is 0 Å². The Morgan fingerprint density at radius 3 is 1.50 bits per heavy atom. The SMILES string of the molecule is CCCCCCCCCCCCCCCCCC(=O)NC(=O)c1cc(I)cc(I)c1. The maximum absolute atomic E-state index is 12.2. The first-order valence-electron chi connectivity index (χ1n) is 11.8. The lowest BCUT2D eigenvalue weighted by Gasteiger charge is -2.06. The molecule has 0 saturated carbocycles. The van der Waals surface area contributed by atoms with Crippen molar-refractivity contribution in [3.05, 3.63) is 30.9 Å². The van der Waals surface area contributed by atoms with Gasteiger partial charge in [0.15, 0.2) is 0 Å². The molecule has 0 aliphatic carbocycles. The van der Waals surface area contributed by atoms with Crippen molar-refractivity contribution in [1.29, 1.82) is 0 Å². The van der Waals surface area contributed by atoms with Gasteiger partial charge in [-0.3, -0.25) is 14.9 Å². The van der Waals surface area contributed by atoms with Gasteiger partial charge in [0.1, 0.15) is 0 Å². The van der Waals surface area contributed by atoms with Gasteiger partial charge >= 0.3 is 0 Å². The minimum atomic E-state index is -0.294. The molecule has 0 bridgehead atoms. The summed E-state index contributed by atoms with van der Waals surface area (Å²) in [6, 6.07) is 5.60. The summed E-state index contributed by atoms with van der Waals surface area (Å²) in [4.78, 5) is 24.2. The van der Waals surface area contributed by atoms with E-state index >= 15 is 0 Å². The molecule has 5 heteroatoms. The second kappa shape index (κ2) is 18.4. The molecule has 1 aromatic carbocycles. The number of imide groups is 1. The highest BCUT2D eigenvalue weighted by Gasteiger charge is 2.11. The molecular weight excluding hydrogens is 600 g/mol. The summed E-state index contributed by atoms with van der Waals surface area (Å²) in [5, 5.41) is 2.52. The number of benzene rings is 1. The van der Waals surface area contributed by atoms with E-state index in [9.17, 15) is 9.59 Å². The minimum absolute atomic E-state index is 0.163. The Hall–Kier alpha value is -0.180. The van der Waals surface area contributed by atoms with Gasteiger partial charge in [0.05, 0.1) is 0 Å². The van der Waals surface area contributed by atoms with Crippen molar-refractivity contribution in [2.45, 2.75) is 110 Å². The van der Waals surface area contributed by atoms with Crippen molar-refractivity contribution in [1.82, 2.24) is 5.32 Å². The summed E-state index contributed by atoms with van der Waals surface area (Å²) in [7, 11) is 0. The van der Waals surface area contributed by atoms with E-state index in [0.29, 0.717) is 12.0 Å². The van der Waals surface area contributed by atoms with Crippen LogP contribution in [0.4, 0.5) is 0 Å². The van der Waals surface area contributed by atoms with Gasteiger partial charge in [-0.25, -0.2) is 0 Å². The fourth-order valence-electron chi connectivity index (χ4n) is 3.60. The molecule has 0 radical (unpaired) electrons. The maximum Gasteiger partial charge on any atom is 0.257 e.